The second kappa shape index (κ2) is 4.51. The van der Waals surface area contributed by atoms with Crippen LogP contribution in [0.25, 0.3) is 11.3 Å². The normalized spacial score (nSPS) is 10.7. The number of aromatic hydroxyl groups is 1. The Kier molecular flexibility index (Phi) is 3.15. The maximum Gasteiger partial charge on any atom is 0.356 e. The molecule has 100 valence electrons. The van der Waals surface area contributed by atoms with E-state index in [9.17, 15) is 18.7 Å². The smallest absolute Gasteiger partial charge is 0.356 e. The summed E-state index contributed by atoms with van der Waals surface area (Å²) in [5.41, 5.74) is -1.00. The van der Waals surface area contributed by atoms with Crippen molar-refractivity contribution in [1.29, 1.82) is 0 Å². The van der Waals surface area contributed by atoms with Crippen LogP contribution in [0.2, 0.25) is 5.02 Å². The summed E-state index contributed by atoms with van der Waals surface area (Å²) in [6.45, 7) is 0. The van der Waals surface area contributed by atoms with Gasteiger partial charge in [0.2, 0.25) is 0 Å². The monoisotopic (exact) mass is 288 g/mol. The number of rotatable bonds is 2. The fourth-order valence-corrected chi connectivity index (χ4v) is 1.82. The number of carboxylic acid groups (broad SMARTS) is 1. The number of aromatic nitrogens is 2. The molecule has 19 heavy (non-hydrogen) atoms. The Morgan fingerprint density at radius 3 is 2.58 bits per heavy atom. The van der Waals surface area contributed by atoms with Crippen LogP contribution < -0.4 is 0 Å². The number of carbonyl (C=O) groups is 1. The summed E-state index contributed by atoms with van der Waals surface area (Å²) in [4.78, 5) is 10.8. The highest BCUT2D eigenvalue weighted by atomic mass is 35.5. The van der Waals surface area contributed by atoms with Crippen molar-refractivity contribution in [3.05, 3.63) is 34.5 Å². The van der Waals surface area contributed by atoms with Gasteiger partial charge in [0.15, 0.2) is 17.3 Å². The van der Waals surface area contributed by atoms with Gasteiger partial charge in [0, 0.05) is 7.05 Å². The number of benzene rings is 1. The first-order valence-electron chi connectivity index (χ1n) is 4.97. The fraction of sp³-hybridized carbons (Fsp3) is 0.0909. The Morgan fingerprint density at radius 2 is 2.05 bits per heavy atom. The van der Waals surface area contributed by atoms with E-state index in [1.54, 1.807) is 0 Å². The molecule has 0 saturated carbocycles. The first-order chi connectivity index (χ1) is 8.82. The average Bonchev–Trinajstić information content (AvgIpc) is 2.70. The minimum Gasteiger partial charge on any atom is -0.506 e. The molecule has 0 amide bonds. The van der Waals surface area contributed by atoms with E-state index in [1.165, 1.54) is 7.05 Å². The van der Waals surface area contributed by atoms with Crippen molar-refractivity contribution >= 4 is 17.6 Å². The number of hydrogen-bond donors (Lipinski definition) is 2. The molecule has 1 aromatic carbocycles. The third-order valence-corrected chi connectivity index (χ3v) is 2.79. The van der Waals surface area contributed by atoms with Gasteiger partial charge in [0.05, 0.1) is 16.3 Å². The standard InChI is InChI=1S/C11H7ClF2N2O3/c1-16-7(3-6(15-16)11(18)19)8-9(14)5(13)2-4(12)10(8)17/h2-3,17H,1H3,(H,18,19). The predicted octanol–water partition coefficient (Wildman–Crippen LogP) is 2.42. The van der Waals surface area contributed by atoms with Gasteiger partial charge in [-0.3, -0.25) is 4.68 Å². The van der Waals surface area contributed by atoms with E-state index in [0.717, 1.165) is 10.7 Å². The SMILES string of the molecule is Cn1nc(C(=O)O)cc1-c1c(O)c(Cl)cc(F)c1F. The van der Waals surface area contributed by atoms with Gasteiger partial charge in [0.25, 0.3) is 0 Å². The van der Waals surface area contributed by atoms with E-state index in [0.29, 0.717) is 6.07 Å². The summed E-state index contributed by atoms with van der Waals surface area (Å²) in [5, 5.41) is 21.7. The molecule has 2 N–H and O–H groups in total. The topological polar surface area (TPSA) is 75.4 Å². The predicted molar refractivity (Wildman–Crippen MR) is 62.2 cm³/mol. The zero-order chi connectivity index (χ0) is 14.3. The minimum absolute atomic E-state index is 0.103. The lowest BCUT2D eigenvalue weighted by Crippen LogP contribution is -2.00. The van der Waals surface area contributed by atoms with E-state index < -0.39 is 28.9 Å². The van der Waals surface area contributed by atoms with Crippen LogP contribution in [-0.2, 0) is 7.05 Å². The van der Waals surface area contributed by atoms with Gasteiger partial charge < -0.3 is 10.2 Å². The number of aromatic carboxylic acids is 1. The van der Waals surface area contributed by atoms with E-state index in [-0.39, 0.29) is 16.4 Å². The summed E-state index contributed by atoms with van der Waals surface area (Å²) < 4.78 is 28.0. The van der Waals surface area contributed by atoms with Gasteiger partial charge in [-0.25, -0.2) is 13.6 Å². The highest BCUT2D eigenvalue weighted by molar-refractivity contribution is 6.32. The summed E-state index contributed by atoms with van der Waals surface area (Å²) in [7, 11) is 1.33. The quantitative estimate of drug-likeness (QED) is 0.832. The molecule has 0 atom stereocenters. The third kappa shape index (κ3) is 2.12. The Labute approximate surface area is 110 Å². The van der Waals surface area contributed by atoms with Crippen LogP contribution in [0.3, 0.4) is 0 Å². The molecule has 2 aromatic rings. The minimum atomic E-state index is -1.33. The summed E-state index contributed by atoms with van der Waals surface area (Å²) in [6, 6.07) is 1.64. The van der Waals surface area contributed by atoms with Crippen LogP contribution >= 0.6 is 11.6 Å². The van der Waals surface area contributed by atoms with E-state index in [4.69, 9.17) is 16.7 Å². The summed E-state index contributed by atoms with van der Waals surface area (Å²) >= 11 is 5.56. The Bertz CT molecular complexity index is 659. The second-order valence-corrected chi connectivity index (χ2v) is 4.13. The number of phenols is 1. The van der Waals surface area contributed by atoms with Crippen molar-refractivity contribution in [2.75, 3.05) is 0 Å². The van der Waals surface area contributed by atoms with Crippen molar-refractivity contribution in [2.24, 2.45) is 7.05 Å². The lowest BCUT2D eigenvalue weighted by Gasteiger charge is -2.08. The van der Waals surface area contributed by atoms with Gasteiger partial charge >= 0.3 is 5.97 Å². The van der Waals surface area contributed by atoms with E-state index in [1.807, 2.05) is 0 Å². The lowest BCUT2D eigenvalue weighted by atomic mass is 10.1. The van der Waals surface area contributed by atoms with Crippen molar-refractivity contribution in [1.82, 2.24) is 9.78 Å². The molecule has 0 aliphatic rings. The Morgan fingerprint density at radius 1 is 1.42 bits per heavy atom. The van der Waals surface area contributed by atoms with Crippen LogP contribution in [0.1, 0.15) is 10.5 Å². The zero-order valence-electron chi connectivity index (χ0n) is 9.49. The molecule has 0 fully saturated rings. The van der Waals surface area contributed by atoms with Gasteiger partial charge in [-0.05, 0) is 12.1 Å². The molecule has 0 saturated heterocycles. The molecule has 0 aliphatic carbocycles. The largest absolute Gasteiger partial charge is 0.506 e. The number of halogens is 3. The molecule has 0 unspecified atom stereocenters. The molecule has 0 radical (unpaired) electrons. The van der Waals surface area contributed by atoms with Crippen molar-refractivity contribution in [2.45, 2.75) is 0 Å². The number of nitrogens with zero attached hydrogens (tertiary/aromatic N) is 2. The van der Waals surface area contributed by atoms with Crippen LogP contribution in [0.4, 0.5) is 8.78 Å². The molecule has 0 spiro atoms. The number of carboxylic acids is 1. The maximum absolute atomic E-state index is 13.7. The molecule has 2 rings (SSSR count). The zero-order valence-corrected chi connectivity index (χ0v) is 10.2. The highest BCUT2D eigenvalue weighted by Gasteiger charge is 2.23. The summed E-state index contributed by atoms with van der Waals surface area (Å²) in [5.74, 6) is -4.59. The van der Waals surface area contributed by atoms with Crippen LogP contribution in [0.15, 0.2) is 12.1 Å². The second-order valence-electron chi connectivity index (χ2n) is 3.72. The first kappa shape index (κ1) is 13.3. The van der Waals surface area contributed by atoms with Gasteiger partial charge in [-0.1, -0.05) is 11.6 Å². The van der Waals surface area contributed by atoms with Gasteiger partial charge in [-0.2, -0.15) is 5.10 Å². The van der Waals surface area contributed by atoms with Crippen molar-refractivity contribution < 1.29 is 23.8 Å². The van der Waals surface area contributed by atoms with Crippen LogP contribution in [0.5, 0.6) is 5.75 Å². The Hall–Kier alpha value is -2.15. The molecular formula is C11H7ClF2N2O3. The Balaban J connectivity index is 2.75. The molecule has 0 bridgehead atoms. The van der Waals surface area contributed by atoms with Crippen LogP contribution in [0, 0.1) is 11.6 Å². The average molecular weight is 289 g/mol. The molecule has 5 nitrogen and oxygen atoms in total. The van der Waals surface area contributed by atoms with E-state index in [2.05, 4.69) is 5.10 Å². The molecule has 8 heteroatoms. The van der Waals surface area contributed by atoms with Crippen LogP contribution in [-0.4, -0.2) is 26.0 Å². The molecule has 0 aliphatic heterocycles. The summed E-state index contributed by atoms with van der Waals surface area (Å²) in [6.07, 6.45) is 0. The van der Waals surface area contributed by atoms with Crippen molar-refractivity contribution in [3.63, 3.8) is 0 Å². The maximum atomic E-state index is 13.7. The molecule has 1 heterocycles. The van der Waals surface area contributed by atoms with Gasteiger partial charge in [-0.15, -0.1) is 0 Å². The van der Waals surface area contributed by atoms with E-state index >= 15 is 0 Å². The number of hydrogen-bond acceptors (Lipinski definition) is 3. The van der Waals surface area contributed by atoms with Crippen molar-refractivity contribution in [3.8, 4) is 17.0 Å². The lowest BCUT2D eigenvalue weighted by molar-refractivity contribution is 0.0689. The first-order valence-corrected chi connectivity index (χ1v) is 5.35. The molecular weight excluding hydrogens is 282 g/mol. The highest BCUT2D eigenvalue weighted by Crippen LogP contribution is 2.38. The fourth-order valence-electron chi connectivity index (χ4n) is 1.63. The molecule has 1 aromatic heterocycles. The third-order valence-electron chi connectivity index (χ3n) is 2.50. The van der Waals surface area contributed by atoms with Gasteiger partial charge in [0.1, 0.15) is 5.75 Å². The number of aryl methyl sites for hydroxylation is 1. The number of phenolic OH excluding ortho intramolecular Hbond substituents is 1.